The molecule has 3 aromatic rings. The molecule has 0 saturated carbocycles. The van der Waals surface area contributed by atoms with Crippen molar-refractivity contribution in [1.29, 1.82) is 0 Å². The molecule has 4 atom stereocenters. The Labute approximate surface area is 203 Å². The summed E-state index contributed by atoms with van der Waals surface area (Å²) in [5.41, 5.74) is 7.50. The zero-order chi connectivity index (χ0) is 25.0. The summed E-state index contributed by atoms with van der Waals surface area (Å²) in [7, 11) is -3.91. The maximum absolute atomic E-state index is 13.5. The first-order chi connectivity index (χ1) is 16.7. The van der Waals surface area contributed by atoms with Gasteiger partial charge in [-0.25, -0.2) is 19.2 Å². The van der Waals surface area contributed by atoms with Gasteiger partial charge in [0, 0.05) is 0 Å². The van der Waals surface area contributed by atoms with Gasteiger partial charge in [-0.2, -0.15) is 5.10 Å². The average Bonchev–Trinajstić information content (AvgIpc) is 3.41. The van der Waals surface area contributed by atoms with Gasteiger partial charge in [-0.05, 0) is 50.5 Å². The number of ether oxygens (including phenoxy) is 2. The number of carbonyl (C=O) groups excluding carboxylic acids is 1. The number of nitrogens with zero attached hydrogens (tertiary/aromatic N) is 3. The van der Waals surface area contributed by atoms with Crippen LogP contribution >= 0.6 is 7.75 Å². The van der Waals surface area contributed by atoms with Crippen molar-refractivity contribution in [2.24, 2.45) is 5.92 Å². The standard InChI is InChI=1S/C23H30N5O6P/c1-15(2)32-21(29)12-27-35(30,34-17-7-5-4-6-8-17)31-13-18-11-16(3)22(33-18)19-9-10-20-23(24)25-14-26-28(19)20/h4-10,14-16,18,22H,11-13H2,1-3H3,(H,27,30)(H2,24,25,26). The molecule has 11 nitrogen and oxygen atoms in total. The van der Waals surface area contributed by atoms with Crippen LogP contribution < -0.4 is 15.3 Å². The number of nitrogens with one attached hydrogen (secondary N) is 1. The summed E-state index contributed by atoms with van der Waals surface area (Å²) in [4.78, 5) is 16.0. The summed E-state index contributed by atoms with van der Waals surface area (Å²) >= 11 is 0. The highest BCUT2D eigenvalue weighted by atomic mass is 31.2. The van der Waals surface area contributed by atoms with Gasteiger partial charge in [0.05, 0.1) is 24.5 Å². The Balaban J connectivity index is 1.43. The van der Waals surface area contributed by atoms with E-state index >= 15 is 0 Å². The van der Waals surface area contributed by atoms with Crippen molar-refractivity contribution in [1.82, 2.24) is 19.7 Å². The molecule has 3 heterocycles. The number of para-hydroxylation sites is 1. The van der Waals surface area contributed by atoms with Crippen molar-refractivity contribution in [3.63, 3.8) is 0 Å². The number of hydrogen-bond donors (Lipinski definition) is 2. The van der Waals surface area contributed by atoms with Gasteiger partial charge >= 0.3 is 13.7 Å². The highest BCUT2D eigenvalue weighted by molar-refractivity contribution is 7.52. The maximum Gasteiger partial charge on any atom is 0.459 e. The van der Waals surface area contributed by atoms with Crippen molar-refractivity contribution >= 4 is 25.1 Å². The molecule has 188 valence electrons. The Hall–Kier alpha value is -2.98. The van der Waals surface area contributed by atoms with Crippen LogP contribution in [0.1, 0.15) is 39.0 Å². The van der Waals surface area contributed by atoms with Gasteiger partial charge < -0.3 is 19.7 Å². The molecule has 35 heavy (non-hydrogen) atoms. The Morgan fingerprint density at radius 3 is 2.80 bits per heavy atom. The van der Waals surface area contributed by atoms with Gasteiger partial charge in [-0.15, -0.1) is 0 Å². The smallest absolute Gasteiger partial charge is 0.459 e. The molecule has 0 spiro atoms. The fourth-order valence-electron chi connectivity index (χ4n) is 3.96. The van der Waals surface area contributed by atoms with Gasteiger partial charge in [0.2, 0.25) is 0 Å². The molecule has 2 aromatic heterocycles. The van der Waals surface area contributed by atoms with Gasteiger partial charge in [-0.3, -0.25) is 9.32 Å². The molecule has 1 aromatic carbocycles. The summed E-state index contributed by atoms with van der Waals surface area (Å²) in [6.07, 6.45) is 1.16. The van der Waals surface area contributed by atoms with Crippen LogP contribution in [-0.2, 0) is 23.4 Å². The zero-order valence-electron chi connectivity index (χ0n) is 19.9. The van der Waals surface area contributed by atoms with Crippen LogP contribution in [0.25, 0.3) is 5.52 Å². The molecule has 0 amide bonds. The monoisotopic (exact) mass is 503 g/mol. The molecule has 1 aliphatic heterocycles. The van der Waals surface area contributed by atoms with E-state index in [1.54, 1.807) is 42.6 Å². The lowest BCUT2D eigenvalue weighted by molar-refractivity contribution is -0.145. The van der Waals surface area contributed by atoms with E-state index in [0.717, 1.165) is 5.69 Å². The van der Waals surface area contributed by atoms with Crippen LogP contribution in [0.2, 0.25) is 0 Å². The molecule has 1 aliphatic rings. The van der Waals surface area contributed by atoms with Crippen molar-refractivity contribution < 1.29 is 27.9 Å². The second-order valence-electron chi connectivity index (χ2n) is 8.66. The number of fused-ring (bicyclic) bond motifs is 1. The first-order valence-electron chi connectivity index (χ1n) is 11.4. The van der Waals surface area contributed by atoms with E-state index < -0.39 is 13.7 Å². The predicted octanol–water partition coefficient (Wildman–Crippen LogP) is 3.52. The number of carbonyl (C=O) groups is 1. The lowest BCUT2D eigenvalue weighted by atomic mass is 10.00. The Kier molecular flexibility index (Phi) is 7.71. The quantitative estimate of drug-likeness (QED) is 0.312. The SMILES string of the molecule is CC(C)OC(=O)CNP(=O)(OCC1CC(C)C(c2ccc3c(N)ncnn23)O1)Oc1ccccc1. The molecule has 12 heteroatoms. The Morgan fingerprint density at radius 2 is 2.06 bits per heavy atom. The van der Waals surface area contributed by atoms with Gasteiger partial charge in [0.25, 0.3) is 0 Å². The fourth-order valence-corrected chi connectivity index (χ4v) is 5.26. The molecular weight excluding hydrogens is 473 g/mol. The summed E-state index contributed by atoms with van der Waals surface area (Å²) in [6.45, 7) is 5.20. The highest BCUT2D eigenvalue weighted by Gasteiger charge is 2.38. The van der Waals surface area contributed by atoms with Gasteiger partial charge in [0.1, 0.15) is 30.2 Å². The molecule has 4 unspecified atom stereocenters. The van der Waals surface area contributed by atoms with Crippen LogP contribution in [0.3, 0.4) is 0 Å². The lowest BCUT2D eigenvalue weighted by Crippen LogP contribution is -2.28. The van der Waals surface area contributed by atoms with Crippen LogP contribution in [-0.4, -0.2) is 45.9 Å². The highest BCUT2D eigenvalue weighted by Crippen LogP contribution is 2.46. The van der Waals surface area contributed by atoms with Crippen LogP contribution in [0, 0.1) is 5.92 Å². The third-order valence-electron chi connectivity index (χ3n) is 5.48. The third-order valence-corrected chi connectivity index (χ3v) is 6.96. The largest absolute Gasteiger partial charge is 0.462 e. The maximum atomic E-state index is 13.5. The summed E-state index contributed by atoms with van der Waals surface area (Å²) in [5.74, 6) is 0.308. The molecule has 0 bridgehead atoms. The van der Waals surface area contributed by atoms with E-state index in [1.165, 1.54) is 6.33 Å². The fraction of sp³-hybridized carbons (Fsp3) is 0.435. The predicted molar refractivity (Wildman–Crippen MR) is 129 cm³/mol. The normalized spacial score (nSPS) is 21.8. The van der Waals surface area contributed by atoms with Crippen molar-refractivity contribution in [3.05, 3.63) is 54.5 Å². The van der Waals surface area contributed by atoms with E-state index in [9.17, 15) is 9.36 Å². The average molecular weight is 503 g/mol. The molecule has 4 rings (SSSR count). The number of rotatable bonds is 10. The number of benzene rings is 1. The second-order valence-corrected chi connectivity index (χ2v) is 10.4. The summed E-state index contributed by atoms with van der Waals surface area (Å²) < 4.78 is 37.9. The van der Waals surface area contributed by atoms with E-state index in [1.807, 2.05) is 18.2 Å². The van der Waals surface area contributed by atoms with E-state index in [2.05, 4.69) is 22.1 Å². The lowest BCUT2D eigenvalue weighted by Gasteiger charge is -2.22. The number of nitrogen functional groups attached to an aromatic ring is 1. The van der Waals surface area contributed by atoms with E-state index in [-0.39, 0.29) is 37.4 Å². The van der Waals surface area contributed by atoms with E-state index in [0.29, 0.717) is 23.5 Å². The Morgan fingerprint density at radius 1 is 1.29 bits per heavy atom. The summed E-state index contributed by atoms with van der Waals surface area (Å²) in [6, 6.07) is 12.4. The topological polar surface area (TPSA) is 139 Å². The first-order valence-corrected chi connectivity index (χ1v) is 13.0. The van der Waals surface area contributed by atoms with Crippen molar-refractivity contribution in [2.45, 2.75) is 45.5 Å². The molecule has 0 radical (unpaired) electrons. The number of hydrogen-bond acceptors (Lipinski definition) is 9. The first kappa shape index (κ1) is 25.1. The molecule has 1 saturated heterocycles. The summed E-state index contributed by atoms with van der Waals surface area (Å²) in [5, 5.41) is 6.90. The number of aromatic nitrogens is 3. The minimum absolute atomic E-state index is 0.00237. The van der Waals surface area contributed by atoms with Crippen LogP contribution in [0.4, 0.5) is 5.82 Å². The zero-order valence-corrected chi connectivity index (χ0v) is 20.8. The van der Waals surface area contributed by atoms with Crippen LogP contribution in [0.5, 0.6) is 5.75 Å². The molecular formula is C23H30N5O6P. The van der Waals surface area contributed by atoms with Gasteiger partial charge in [0.15, 0.2) is 5.82 Å². The molecule has 0 aliphatic carbocycles. The minimum atomic E-state index is -3.91. The number of esters is 1. The van der Waals surface area contributed by atoms with E-state index in [4.69, 9.17) is 24.3 Å². The number of anilines is 1. The molecule has 1 fully saturated rings. The van der Waals surface area contributed by atoms with Gasteiger partial charge in [-0.1, -0.05) is 25.1 Å². The Bertz CT molecular complexity index is 1200. The van der Waals surface area contributed by atoms with Crippen molar-refractivity contribution in [3.8, 4) is 5.75 Å². The second kappa shape index (κ2) is 10.7. The minimum Gasteiger partial charge on any atom is -0.462 e. The van der Waals surface area contributed by atoms with Crippen LogP contribution in [0.15, 0.2) is 48.8 Å². The molecule has 3 N–H and O–H groups in total. The van der Waals surface area contributed by atoms with Crippen molar-refractivity contribution in [2.75, 3.05) is 18.9 Å². The third kappa shape index (κ3) is 6.18. The number of nitrogens with two attached hydrogens (primary N) is 1.